The minimum atomic E-state index is -3.79. The molecule has 2 rings (SSSR count). The lowest BCUT2D eigenvalue weighted by Crippen LogP contribution is -2.40. The van der Waals surface area contributed by atoms with Crippen molar-refractivity contribution in [2.24, 2.45) is 5.92 Å². The third-order valence-electron chi connectivity index (χ3n) is 4.33. The van der Waals surface area contributed by atoms with E-state index in [1.165, 1.54) is 39.4 Å². The number of carbonyl (C=O) groups is 2. The lowest BCUT2D eigenvalue weighted by atomic mass is 10.0. The fourth-order valence-electron chi connectivity index (χ4n) is 2.90. The standard InChI is InChI=1S/C16H22N2O6S/c1-18(2)25(22,23)14-9-10(7-8-13(14)24-3)15(19)17-12-6-4-5-11(12)16(20)21/h7-9,11-12H,4-6H2,1-3H3,(H,17,19)(H,20,21)/t11-,12+/m0/s1. The van der Waals surface area contributed by atoms with E-state index in [9.17, 15) is 23.1 Å². The van der Waals surface area contributed by atoms with Crippen molar-refractivity contribution < 1.29 is 27.9 Å². The van der Waals surface area contributed by atoms with Crippen molar-refractivity contribution in [2.75, 3.05) is 21.2 Å². The van der Waals surface area contributed by atoms with Gasteiger partial charge >= 0.3 is 5.97 Å². The number of hydrogen-bond donors (Lipinski definition) is 2. The smallest absolute Gasteiger partial charge is 0.308 e. The molecule has 0 unspecified atom stereocenters. The summed E-state index contributed by atoms with van der Waals surface area (Å²) in [7, 11) is 0.327. The Bertz CT molecular complexity index is 775. The van der Waals surface area contributed by atoms with Crippen LogP contribution in [0.5, 0.6) is 5.75 Å². The van der Waals surface area contributed by atoms with Gasteiger partial charge in [-0.1, -0.05) is 6.42 Å². The minimum Gasteiger partial charge on any atom is -0.495 e. The molecule has 1 saturated carbocycles. The van der Waals surface area contributed by atoms with E-state index in [2.05, 4.69) is 5.32 Å². The van der Waals surface area contributed by atoms with Gasteiger partial charge < -0.3 is 15.2 Å². The second kappa shape index (κ2) is 7.40. The van der Waals surface area contributed by atoms with Crippen molar-refractivity contribution in [3.8, 4) is 5.75 Å². The number of carbonyl (C=O) groups excluding carboxylic acids is 1. The summed E-state index contributed by atoms with van der Waals surface area (Å²) >= 11 is 0. The van der Waals surface area contributed by atoms with Gasteiger partial charge in [0.15, 0.2) is 0 Å². The van der Waals surface area contributed by atoms with Crippen LogP contribution in [0, 0.1) is 5.92 Å². The molecule has 1 amide bonds. The number of ether oxygens (including phenoxy) is 1. The first-order chi connectivity index (χ1) is 11.7. The predicted octanol–water partition coefficient (Wildman–Crippen LogP) is 0.929. The predicted molar refractivity (Wildman–Crippen MR) is 90.1 cm³/mol. The molecule has 0 spiro atoms. The van der Waals surface area contributed by atoms with Crippen molar-refractivity contribution in [1.82, 2.24) is 9.62 Å². The van der Waals surface area contributed by atoms with Gasteiger partial charge in [0.1, 0.15) is 10.6 Å². The zero-order valence-electron chi connectivity index (χ0n) is 14.4. The molecule has 0 aromatic heterocycles. The largest absolute Gasteiger partial charge is 0.495 e. The van der Waals surface area contributed by atoms with E-state index >= 15 is 0 Å². The van der Waals surface area contributed by atoms with E-state index in [0.29, 0.717) is 12.8 Å². The topological polar surface area (TPSA) is 113 Å². The van der Waals surface area contributed by atoms with Crippen molar-refractivity contribution in [3.63, 3.8) is 0 Å². The lowest BCUT2D eigenvalue weighted by Gasteiger charge is -2.19. The maximum Gasteiger partial charge on any atom is 0.308 e. The molecule has 2 N–H and O–H groups in total. The summed E-state index contributed by atoms with van der Waals surface area (Å²) in [5, 5.41) is 11.9. The van der Waals surface area contributed by atoms with Crippen LogP contribution >= 0.6 is 0 Å². The number of nitrogens with one attached hydrogen (secondary N) is 1. The van der Waals surface area contributed by atoms with Crippen LogP contribution < -0.4 is 10.1 Å². The summed E-state index contributed by atoms with van der Waals surface area (Å²) in [6.07, 6.45) is 1.83. The molecular weight excluding hydrogens is 348 g/mol. The zero-order chi connectivity index (χ0) is 18.8. The van der Waals surface area contributed by atoms with Crippen LogP contribution in [-0.2, 0) is 14.8 Å². The molecule has 8 nitrogen and oxygen atoms in total. The van der Waals surface area contributed by atoms with Gasteiger partial charge in [-0.05, 0) is 31.0 Å². The summed E-state index contributed by atoms with van der Waals surface area (Å²) in [5.74, 6) is -1.92. The first kappa shape index (κ1) is 19.2. The van der Waals surface area contributed by atoms with Crippen LogP contribution in [-0.4, -0.2) is 57.0 Å². The quantitative estimate of drug-likeness (QED) is 0.770. The van der Waals surface area contributed by atoms with Crippen molar-refractivity contribution in [2.45, 2.75) is 30.2 Å². The molecule has 1 aliphatic carbocycles. The molecule has 0 saturated heterocycles. The molecule has 138 valence electrons. The SMILES string of the molecule is COc1ccc(C(=O)N[C@@H]2CCC[C@@H]2C(=O)O)cc1S(=O)(=O)N(C)C. The fourth-order valence-corrected chi connectivity index (χ4v) is 3.97. The molecule has 1 fully saturated rings. The van der Waals surface area contributed by atoms with E-state index < -0.39 is 33.9 Å². The number of carboxylic acid groups (broad SMARTS) is 1. The fraction of sp³-hybridized carbons (Fsp3) is 0.500. The summed E-state index contributed by atoms with van der Waals surface area (Å²) in [6, 6.07) is 3.65. The van der Waals surface area contributed by atoms with Gasteiger partial charge in [0, 0.05) is 25.7 Å². The second-order valence-corrected chi connectivity index (χ2v) is 8.23. The maximum atomic E-state index is 12.5. The molecule has 1 aliphatic rings. The highest BCUT2D eigenvalue weighted by atomic mass is 32.2. The number of aliphatic carboxylic acids is 1. The number of hydrogen-bond acceptors (Lipinski definition) is 5. The van der Waals surface area contributed by atoms with Gasteiger partial charge in [-0.15, -0.1) is 0 Å². The molecule has 0 heterocycles. The number of amides is 1. The van der Waals surface area contributed by atoms with Crippen LogP contribution in [0.4, 0.5) is 0 Å². The van der Waals surface area contributed by atoms with Gasteiger partial charge in [0.25, 0.3) is 5.91 Å². The highest BCUT2D eigenvalue weighted by Gasteiger charge is 2.34. The summed E-state index contributed by atoms with van der Waals surface area (Å²) in [5.41, 5.74) is 0.136. The average molecular weight is 370 g/mol. The summed E-state index contributed by atoms with van der Waals surface area (Å²) in [4.78, 5) is 23.6. The van der Waals surface area contributed by atoms with Crippen LogP contribution in [0.1, 0.15) is 29.6 Å². The Kier molecular flexibility index (Phi) is 5.69. The minimum absolute atomic E-state index is 0.117. The van der Waals surface area contributed by atoms with Crippen LogP contribution in [0.2, 0.25) is 0 Å². The molecule has 9 heteroatoms. The van der Waals surface area contributed by atoms with E-state index in [1.54, 1.807) is 0 Å². The Morgan fingerprint density at radius 3 is 2.52 bits per heavy atom. The third kappa shape index (κ3) is 3.93. The molecule has 2 atom stereocenters. The Morgan fingerprint density at radius 2 is 1.96 bits per heavy atom. The maximum absolute atomic E-state index is 12.5. The van der Waals surface area contributed by atoms with Gasteiger partial charge in [-0.25, -0.2) is 12.7 Å². The molecule has 0 bridgehead atoms. The number of carboxylic acids is 1. The Morgan fingerprint density at radius 1 is 1.28 bits per heavy atom. The van der Waals surface area contributed by atoms with Gasteiger partial charge in [-0.2, -0.15) is 0 Å². The number of rotatable bonds is 6. The zero-order valence-corrected chi connectivity index (χ0v) is 15.2. The van der Waals surface area contributed by atoms with Crippen molar-refractivity contribution >= 4 is 21.9 Å². The van der Waals surface area contributed by atoms with Gasteiger partial charge in [0.05, 0.1) is 13.0 Å². The van der Waals surface area contributed by atoms with Crippen molar-refractivity contribution in [1.29, 1.82) is 0 Å². The highest BCUT2D eigenvalue weighted by molar-refractivity contribution is 7.89. The first-order valence-electron chi connectivity index (χ1n) is 7.82. The molecule has 0 aliphatic heterocycles. The normalized spacial score (nSPS) is 20.5. The Hall–Kier alpha value is -2.13. The molecular formula is C16H22N2O6S. The van der Waals surface area contributed by atoms with Crippen molar-refractivity contribution in [3.05, 3.63) is 23.8 Å². The first-order valence-corrected chi connectivity index (χ1v) is 9.26. The molecule has 0 radical (unpaired) electrons. The lowest BCUT2D eigenvalue weighted by molar-refractivity contribution is -0.142. The van der Waals surface area contributed by atoms with Gasteiger partial charge in [0.2, 0.25) is 10.0 Å². The molecule has 25 heavy (non-hydrogen) atoms. The highest BCUT2D eigenvalue weighted by Crippen LogP contribution is 2.28. The van der Waals surface area contributed by atoms with Crippen LogP contribution in [0.25, 0.3) is 0 Å². The van der Waals surface area contributed by atoms with E-state index in [0.717, 1.165) is 10.7 Å². The Balaban J connectivity index is 2.31. The van der Waals surface area contributed by atoms with Crippen LogP contribution in [0.3, 0.4) is 0 Å². The monoisotopic (exact) mass is 370 g/mol. The molecule has 1 aromatic rings. The second-order valence-electron chi connectivity index (χ2n) is 6.11. The average Bonchev–Trinajstić information content (AvgIpc) is 3.02. The van der Waals surface area contributed by atoms with Crippen LogP contribution in [0.15, 0.2) is 23.1 Å². The van der Waals surface area contributed by atoms with Gasteiger partial charge in [-0.3, -0.25) is 9.59 Å². The van der Waals surface area contributed by atoms with E-state index in [1.807, 2.05) is 0 Å². The summed E-state index contributed by atoms with van der Waals surface area (Å²) < 4.78 is 30.9. The molecule has 1 aromatic carbocycles. The third-order valence-corrected chi connectivity index (χ3v) is 6.17. The Labute approximate surface area is 146 Å². The van der Waals surface area contributed by atoms with E-state index in [4.69, 9.17) is 4.74 Å². The number of methoxy groups -OCH3 is 1. The summed E-state index contributed by atoms with van der Waals surface area (Å²) in [6.45, 7) is 0. The number of nitrogens with zero attached hydrogens (tertiary/aromatic N) is 1. The van der Waals surface area contributed by atoms with E-state index in [-0.39, 0.29) is 16.2 Å². The number of benzene rings is 1. The number of sulfonamides is 1.